The Morgan fingerprint density at radius 1 is 0.429 bits per heavy atom. The molecule has 0 nitrogen and oxygen atoms in total. The Morgan fingerprint density at radius 3 is 0.619 bits per heavy atom. The zero-order valence-electron chi connectivity index (χ0n) is 16.5. The summed E-state index contributed by atoms with van der Waals surface area (Å²) in [6.07, 6.45) is 2.89. The van der Waals surface area contributed by atoms with Crippen molar-refractivity contribution in [3.8, 4) is 0 Å². The van der Waals surface area contributed by atoms with Crippen molar-refractivity contribution in [2.75, 3.05) is 0 Å². The van der Waals surface area contributed by atoms with Gasteiger partial charge in [0.1, 0.15) is 0 Å². The van der Waals surface area contributed by atoms with Gasteiger partial charge in [0.2, 0.25) is 0 Å². The van der Waals surface area contributed by atoms with Crippen molar-refractivity contribution in [1.29, 1.82) is 0 Å². The van der Waals surface area contributed by atoms with E-state index in [9.17, 15) is 0 Å². The van der Waals surface area contributed by atoms with Crippen LogP contribution in [0.1, 0.15) is 68.2 Å². The molecule has 0 heterocycles. The summed E-state index contributed by atoms with van der Waals surface area (Å²) in [5.74, 6) is 7.70. The largest absolute Gasteiger partial charge is 4.00 e. The van der Waals surface area contributed by atoms with Crippen molar-refractivity contribution in [3.63, 3.8) is 0 Å². The van der Waals surface area contributed by atoms with E-state index >= 15 is 0 Å². The molecule has 2 aliphatic rings. The fourth-order valence-corrected chi connectivity index (χ4v) is 4.10. The molecule has 0 aromatic rings. The molecule has 2 aliphatic carbocycles. The molecule has 0 N–H and O–H groups in total. The van der Waals surface area contributed by atoms with Gasteiger partial charge in [-0.1, -0.05) is 55.4 Å². The minimum atomic E-state index is 0. The molecule has 0 radical (unpaired) electrons. The molecule has 2 rings (SSSR count). The van der Waals surface area contributed by atoms with Crippen LogP contribution >= 0.6 is 0 Å². The third-order valence-electron chi connectivity index (χ3n) is 6.74. The van der Waals surface area contributed by atoms with E-state index in [1.165, 1.54) is 12.8 Å². The first-order valence-electron chi connectivity index (χ1n) is 8.25. The number of hydrogen-bond acceptors (Lipinski definition) is 0. The quantitative estimate of drug-likeness (QED) is 0.411. The molecule has 1 heteroatoms. The summed E-state index contributed by atoms with van der Waals surface area (Å²) in [5.41, 5.74) is 0. The van der Waals surface area contributed by atoms with Crippen molar-refractivity contribution in [2.24, 2.45) is 47.3 Å². The van der Waals surface area contributed by atoms with Crippen LogP contribution in [-0.2, 0) is 26.2 Å². The van der Waals surface area contributed by atoms with Crippen LogP contribution in [0.5, 0.6) is 0 Å². The maximum absolute atomic E-state index is 2.39. The van der Waals surface area contributed by atoms with E-state index in [1.807, 2.05) is 0 Å². The average molecular weight is 374 g/mol. The van der Waals surface area contributed by atoms with Crippen LogP contribution < -0.4 is 0 Å². The summed E-state index contributed by atoms with van der Waals surface area (Å²) in [6, 6.07) is 0. The maximum Gasteiger partial charge on any atom is 4.00 e. The van der Waals surface area contributed by atoms with Gasteiger partial charge in [0, 0.05) is 0 Å². The van der Waals surface area contributed by atoms with E-state index in [4.69, 9.17) is 0 Å². The van der Waals surface area contributed by atoms with Gasteiger partial charge >= 0.3 is 26.2 Å². The molecule has 8 unspecified atom stereocenters. The van der Waals surface area contributed by atoms with Crippen molar-refractivity contribution in [1.82, 2.24) is 0 Å². The molecule has 0 aliphatic heterocycles. The van der Waals surface area contributed by atoms with E-state index < -0.39 is 0 Å². The summed E-state index contributed by atoms with van der Waals surface area (Å²) >= 11 is 0. The fraction of sp³-hybridized carbons (Fsp3) is 0.900. The molecule has 0 aromatic heterocycles. The van der Waals surface area contributed by atoms with Crippen molar-refractivity contribution < 1.29 is 26.2 Å². The molecular weight excluding hydrogens is 331 g/mol. The van der Waals surface area contributed by atoms with E-state index in [0.717, 1.165) is 47.3 Å². The molecule has 2 saturated carbocycles. The third kappa shape index (κ3) is 6.89. The van der Waals surface area contributed by atoms with Gasteiger partial charge in [0.05, 0.1) is 0 Å². The van der Waals surface area contributed by atoms with Crippen LogP contribution in [0, 0.1) is 62.2 Å². The second-order valence-corrected chi connectivity index (χ2v) is 7.82. The topological polar surface area (TPSA) is 0 Å². The Morgan fingerprint density at radius 2 is 0.571 bits per heavy atom. The van der Waals surface area contributed by atoms with E-state index in [-0.39, 0.29) is 41.1 Å². The van der Waals surface area contributed by atoms with E-state index in [0.29, 0.717) is 0 Å². The second-order valence-electron chi connectivity index (χ2n) is 7.82. The zero-order valence-corrected chi connectivity index (χ0v) is 19.0. The van der Waals surface area contributed by atoms with Crippen LogP contribution in [0.3, 0.4) is 0 Å². The molecule has 0 bridgehead atoms. The zero-order chi connectivity index (χ0) is 14.0. The Kier molecular flexibility index (Phi) is 14.6. The molecule has 8 atom stereocenters. The first kappa shape index (κ1) is 26.8. The molecular formula is C20H42Zr+2. The molecule has 0 saturated heterocycles. The first-order chi connectivity index (χ1) is 8.25. The normalized spacial score (nSPS) is 44.6. The summed E-state index contributed by atoms with van der Waals surface area (Å²) in [6.45, 7) is 19.1. The minimum Gasteiger partial charge on any atom is -0.358 e. The Labute approximate surface area is 156 Å². The summed E-state index contributed by atoms with van der Waals surface area (Å²) in [5, 5.41) is 0. The summed E-state index contributed by atoms with van der Waals surface area (Å²) in [4.78, 5) is 0. The molecule has 21 heavy (non-hydrogen) atoms. The Balaban J connectivity index is -0.000000270. The second kappa shape index (κ2) is 11.4. The van der Waals surface area contributed by atoms with Crippen molar-refractivity contribution in [3.05, 3.63) is 14.9 Å². The molecule has 2 fully saturated rings. The van der Waals surface area contributed by atoms with Crippen LogP contribution in [0.25, 0.3) is 0 Å². The summed E-state index contributed by atoms with van der Waals surface area (Å²) < 4.78 is 0. The van der Waals surface area contributed by atoms with Crippen LogP contribution in [0.4, 0.5) is 0 Å². The number of hydrogen-bond donors (Lipinski definition) is 0. The Hall–Kier alpha value is 0.883. The van der Waals surface area contributed by atoms with Gasteiger partial charge in [-0.05, 0) is 60.2 Å². The number of rotatable bonds is 0. The van der Waals surface area contributed by atoms with Gasteiger partial charge in [-0.15, -0.1) is 0 Å². The standard InChI is InChI=1S/2C9H18.2CH3.Zr/c2*1-6-5-7(2)9(4)8(6)3;;;/h2*6-9H,5H2,1-4H3;2*1H3;/q;;2*-1;+4. The van der Waals surface area contributed by atoms with Crippen LogP contribution in [0.2, 0.25) is 0 Å². The van der Waals surface area contributed by atoms with Crippen LogP contribution in [-0.4, -0.2) is 0 Å². The van der Waals surface area contributed by atoms with Crippen molar-refractivity contribution >= 4 is 0 Å². The molecule has 0 amide bonds. The molecule has 0 spiro atoms. The molecule has 0 aromatic carbocycles. The van der Waals surface area contributed by atoms with Gasteiger partial charge in [-0.25, -0.2) is 0 Å². The smallest absolute Gasteiger partial charge is 0.358 e. The van der Waals surface area contributed by atoms with Crippen LogP contribution in [0.15, 0.2) is 0 Å². The predicted molar refractivity (Wildman–Crippen MR) is 95.4 cm³/mol. The third-order valence-corrected chi connectivity index (χ3v) is 6.74. The van der Waals surface area contributed by atoms with E-state index in [2.05, 4.69) is 55.4 Å². The van der Waals surface area contributed by atoms with E-state index in [1.54, 1.807) is 0 Å². The van der Waals surface area contributed by atoms with Crippen molar-refractivity contribution in [2.45, 2.75) is 68.2 Å². The maximum atomic E-state index is 2.39. The first-order valence-corrected chi connectivity index (χ1v) is 8.25. The van der Waals surface area contributed by atoms with Gasteiger partial charge in [-0.3, -0.25) is 0 Å². The fourth-order valence-electron chi connectivity index (χ4n) is 4.10. The monoisotopic (exact) mass is 372 g/mol. The Bertz CT molecular complexity index is 200. The SMILES string of the molecule is CC1CC(C)C(C)C1C.CC1CC(C)C(C)C1C.[CH3-].[CH3-].[Zr+4]. The van der Waals surface area contributed by atoms with Gasteiger partial charge in [0.25, 0.3) is 0 Å². The van der Waals surface area contributed by atoms with Gasteiger partial charge < -0.3 is 14.9 Å². The minimum absolute atomic E-state index is 0. The predicted octanol–water partition coefficient (Wildman–Crippen LogP) is 6.77. The van der Waals surface area contributed by atoms with Gasteiger partial charge in [-0.2, -0.15) is 0 Å². The summed E-state index contributed by atoms with van der Waals surface area (Å²) in [7, 11) is 0. The average Bonchev–Trinajstić information content (AvgIpc) is 2.66. The van der Waals surface area contributed by atoms with Gasteiger partial charge in [0.15, 0.2) is 0 Å². The molecule has 124 valence electrons.